The van der Waals surface area contributed by atoms with E-state index in [-0.39, 0.29) is 6.04 Å². The van der Waals surface area contributed by atoms with Crippen molar-refractivity contribution in [1.82, 2.24) is 10.3 Å². The summed E-state index contributed by atoms with van der Waals surface area (Å²) in [5.41, 5.74) is 2.34. The third kappa shape index (κ3) is 3.35. The van der Waals surface area contributed by atoms with Crippen molar-refractivity contribution in [3.63, 3.8) is 0 Å². The Balaban J connectivity index is 2.37. The molecular formula is C15H16BrClN2. The summed E-state index contributed by atoms with van der Waals surface area (Å²) in [5.74, 6) is 0.305. The first-order valence-electron chi connectivity index (χ1n) is 6.15. The summed E-state index contributed by atoms with van der Waals surface area (Å²) in [6.45, 7) is 2.19. The van der Waals surface area contributed by atoms with E-state index in [4.69, 9.17) is 11.6 Å². The summed E-state index contributed by atoms with van der Waals surface area (Å²) in [7, 11) is 1.96. The van der Waals surface area contributed by atoms with Crippen LogP contribution in [0, 0.1) is 0 Å². The zero-order chi connectivity index (χ0) is 13.8. The molecule has 0 fully saturated rings. The minimum atomic E-state index is 0.160. The lowest BCUT2D eigenvalue weighted by atomic mass is 9.89. The van der Waals surface area contributed by atoms with E-state index < -0.39 is 0 Å². The van der Waals surface area contributed by atoms with E-state index in [1.165, 1.54) is 5.56 Å². The topological polar surface area (TPSA) is 24.9 Å². The van der Waals surface area contributed by atoms with Crippen LogP contribution in [-0.4, -0.2) is 12.0 Å². The smallest absolute Gasteiger partial charge is 0.0454 e. The van der Waals surface area contributed by atoms with Gasteiger partial charge in [-0.2, -0.15) is 0 Å². The van der Waals surface area contributed by atoms with Gasteiger partial charge in [-0.3, -0.25) is 4.98 Å². The molecule has 1 aromatic heterocycles. The number of benzene rings is 1. The molecule has 4 heteroatoms. The molecule has 2 aromatic rings. The largest absolute Gasteiger partial charge is 0.312 e. The average molecular weight is 340 g/mol. The molecule has 0 aliphatic rings. The number of nitrogens with zero attached hydrogens (tertiary/aromatic N) is 1. The highest BCUT2D eigenvalue weighted by atomic mass is 79.9. The van der Waals surface area contributed by atoms with Gasteiger partial charge < -0.3 is 5.32 Å². The zero-order valence-corrected chi connectivity index (χ0v) is 13.2. The lowest BCUT2D eigenvalue weighted by molar-refractivity contribution is 0.507. The fourth-order valence-corrected chi connectivity index (χ4v) is 2.90. The van der Waals surface area contributed by atoms with Gasteiger partial charge in [0.1, 0.15) is 0 Å². The summed E-state index contributed by atoms with van der Waals surface area (Å²) in [6.07, 6.45) is 3.64. The number of halogens is 2. The van der Waals surface area contributed by atoms with Crippen LogP contribution in [0.2, 0.25) is 5.02 Å². The number of likely N-dealkylation sites (N-methyl/N-ethyl adjacent to an activating group) is 1. The molecule has 2 atom stereocenters. The fraction of sp³-hybridized carbons (Fsp3) is 0.267. The van der Waals surface area contributed by atoms with Gasteiger partial charge >= 0.3 is 0 Å². The van der Waals surface area contributed by atoms with Gasteiger partial charge in [0, 0.05) is 33.8 Å². The molecule has 1 N–H and O–H groups in total. The first-order chi connectivity index (χ1) is 9.13. The van der Waals surface area contributed by atoms with Crippen molar-refractivity contribution < 1.29 is 0 Å². The summed E-state index contributed by atoms with van der Waals surface area (Å²) in [4.78, 5) is 4.06. The lowest BCUT2D eigenvalue weighted by Gasteiger charge is -2.25. The maximum absolute atomic E-state index is 6.33. The molecule has 1 heterocycles. The minimum absolute atomic E-state index is 0.160. The van der Waals surface area contributed by atoms with Gasteiger partial charge in [-0.15, -0.1) is 0 Å². The second kappa shape index (κ2) is 6.51. The number of aromatic nitrogens is 1. The molecule has 0 aliphatic carbocycles. The third-order valence-electron chi connectivity index (χ3n) is 3.34. The highest BCUT2D eigenvalue weighted by molar-refractivity contribution is 9.10. The molecular weight excluding hydrogens is 324 g/mol. The Morgan fingerprint density at radius 3 is 2.53 bits per heavy atom. The maximum Gasteiger partial charge on any atom is 0.0454 e. The number of hydrogen-bond acceptors (Lipinski definition) is 2. The summed E-state index contributed by atoms with van der Waals surface area (Å²) in [6, 6.07) is 10.2. The van der Waals surface area contributed by atoms with Crippen LogP contribution in [0.5, 0.6) is 0 Å². The monoisotopic (exact) mass is 338 g/mol. The zero-order valence-electron chi connectivity index (χ0n) is 10.9. The van der Waals surface area contributed by atoms with E-state index in [1.54, 1.807) is 0 Å². The Bertz CT molecular complexity index is 545. The van der Waals surface area contributed by atoms with Crippen molar-refractivity contribution in [1.29, 1.82) is 0 Å². The summed E-state index contributed by atoms with van der Waals surface area (Å²) < 4.78 is 1.04. The second-order valence-corrected chi connectivity index (χ2v) is 5.82. The van der Waals surface area contributed by atoms with Crippen LogP contribution in [0.1, 0.15) is 30.0 Å². The Morgan fingerprint density at radius 2 is 1.89 bits per heavy atom. The first-order valence-corrected chi connectivity index (χ1v) is 7.32. The van der Waals surface area contributed by atoms with Gasteiger partial charge in [0.2, 0.25) is 0 Å². The van der Waals surface area contributed by atoms with Crippen LogP contribution in [-0.2, 0) is 0 Å². The molecule has 2 unspecified atom stereocenters. The lowest BCUT2D eigenvalue weighted by Crippen LogP contribution is -2.22. The molecule has 0 bridgehead atoms. The second-order valence-electron chi connectivity index (χ2n) is 4.50. The van der Waals surface area contributed by atoms with Crippen LogP contribution in [0.25, 0.3) is 0 Å². The SMILES string of the molecule is CNC(c1cc(Br)ccc1Cl)C(C)c1ccncc1. The van der Waals surface area contributed by atoms with Crippen LogP contribution >= 0.6 is 27.5 Å². The molecule has 0 amide bonds. The molecule has 1 aromatic carbocycles. The van der Waals surface area contributed by atoms with Gasteiger partial charge in [0.05, 0.1) is 0 Å². The molecule has 0 spiro atoms. The van der Waals surface area contributed by atoms with Crippen LogP contribution in [0.4, 0.5) is 0 Å². The van der Waals surface area contributed by atoms with E-state index in [0.717, 1.165) is 15.1 Å². The Morgan fingerprint density at radius 1 is 1.21 bits per heavy atom. The Hall–Kier alpha value is -0.900. The van der Waals surface area contributed by atoms with Crippen LogP contribution < -0.4 is 5.32 Å². The fourth-order valence-electron chi connectivity index (χ4n) is 2.29. The Kier molecular flexibility index (Phi) is 4.97. The van der Waals surface area contributed by atoms with Crippen molar-refractivity contribution in [3.05, 3.63) is 63.3 Å². The van der Waals surface area contributed by atoms with Crippen molar-refractivity contribution in [2.24, 2.45) is 0 Å². The van der Waals surface area contributed by atoms with E-state index in [2.05, 4.69) is 39.2 Å². The van der Waals surface area contributed by atoms with E-state index in [0.29, 0.717) is 5.92 Å². The van der Waals surface area contributed by atoms with Crippen LogP contribution in [0.15, 0.2) is 47.2 Å². The van der Waals surface area contributed by atoms with Crippen molar-refractivity contribution >= 4 is 27.5 Å². The third-order valence-corrected chi connectivity index (χ3v) is 4.17. The van der Waals surface area contributed by atoms with Gasteiger partial charge in [-0.25, -0.2) is 0 Å². The van der Waals surface area contributed by atoms with Gasteiger partial charge in [-0.1, -0.05) is 34.5 Å². The van der Waals surface area contributed by atoms with Crippen molar-refractivity contribution in [2.45, 2.75) is 18.9 Å². The molecule has 0 radical (unpaired) electrons. The first kappa shape index (κ1) is 14.5. The molecule has 0 aliphatic heterocycles. The van der Waals surface area contributed by atoms with Gasteiger partial charge in [-0.05, 0) is 48.5 Å². The number of rotatable bonds is 4. The maximum atomic E-state index is 6.33. The quantitative estimate of drug-likeness (QED) is 0.883. The highest BCUT2D eigenvalue weighted by Crippen LogP contribution is 2.35. The molecule has 2 nitrogen and oxygen atoms in total. The summed E-state index contributed by atoms with van der Waals surface area (Å²) >= 11 is 9.83. The molecule has 19 heavy (non-hydrogen) atoms. The average Bonchev–Trinajstić information content (AvgIpc) is 2.44. The molecule has 0 saturated heterocycles. The van der Waals surface area contributed by atoms with E-state index >= 15 is 0 Å². The summed E-state index contributed by atoms with van der Waals surface area (Å²) in [5, 5.41) is 4.14. The van der Waals surface area contributed by atoms with Crippen molar-refractivity contribution in [3.8, 4) is 0 Å². The highest BCUT2D eigenvalue weighted by Gasteiger charge is 2.21. The van der Waals surface area contributed by atoms with Crippen LogP contribution in [0.3, 0.4) is 0 Å². The molecule has 100 valence electrons. The Labute approximate surface area is 127 Å². The molecule has 2 rings (SSSR count). The minimum Gasteiger partial charge on any atom is -0.312 e. The number of nitrogens with one attached hydrogen (secondary N) is 1. The van der Waals surface area contributed by atoms with Gasteiger partial charge in [0.25, 0.3) is 0 Å². The number of hydrogen-bond donors (Lipinski definition) is 1. The van der Waals surface area contributed by atoms with Crippen molar-refractivity contribution in [2.75, 3.05) is 7.05 Å². The molecule has 0 saturated carbocycles. The standard InChI is InChI=1S/C15H16BrClN2/c1-10(11-5-7-19-8-6-11)15(18-2)13-9-12(16)3-4-14(13)17/h3-10,15,18H,1-2H3. The predicted molar refractivity (Wildman–Crippen MR) is 83.6 cm³/mol. The van der Waals surface area contributed by atoms with E-state index in [9.17, 15) is 0 Å². The van der Waals surface area contributed by atoms with E-state index in [1.807, 2.05) is 43.7 Å². The predicted octanol–water partition coefficient (Wildman–Crippen LogP) is 4.56. The van der Waals surface area contributed by atoms with Gasteiger partial charge in [0.15, 0.2) is 0 Å². The normalized spacial score (nSPS) is 14.1. The number of pyridine rings is 1.